The lowest BCUT2D eigenvalue weighted by atomic mass is 10.1. The molecule has 3 rings (SSSR count). The Hall–Kier alpha value is -3.40. The van der Waals surface area contributed by atoms with Gasteiger partial charge >= 0.3 is 0 Å². The third kappa shape index (κ3) is 6.29. The number of hydrogen-bond acceptors (Lipinski definition) is 8. The van der Waals surface area contributed by atoms with Crippen molar-refractivity contribution in [3.8, 4) is 17.2 Å². The molecule has 1 amide bonds. The standard InChI is InChI=1S/C21H25N5O4S/c1-28-16-7-5-8-17(12-16)30-13-19-24-25-21(26(19)22)31-14-20(27)23-11-10-15-6-3-4-9-18(15)29-2/h3-9,12H,10-11,13-14,22H2,1-2H3,(H,23,27). The number of para-hydroxylation sites is 1. The van der Waals surface area contributed by atoms with Crippen molar-refractivity contribution in [2.75, 3.05) is 32.4 Å². The molecule has 0 aliphatic heterocycles. The number of nitrogens with zero attached hydrogens (tertiary/aromatic N) is 3. The first-order valence-electron chi connectivity index (χ1n) is 9.58. The summed E-state index contributed by atoms with van der Waals surface area (Å²) in [6.45, 7) is 0.650. The molecule has 3 aromatic rings. The average Bonchev–Trinajstić information content (AvgIpc) is 3.16. The van der Waals surface area contributed by atoms with E-state index >= 15 is 0 Å². The van der Waals surface area contributed by atoms with E-state index in [1.165, 1.54) is 16.4 Å². The number of carbonyl (C=O) groups excluding carboxylic acids is 1. The van der Waals surface area contributed by atoms with Gasteiger partial charge in [0.25, 0.3) is 0 Å². The van der Waals surface area contributed by atoms with Gasteiger partial charge in [0.1, 0.15) is 23.9 Å². The molecule has 10 heteroatoms. The largest absolute Gasteiger partial charge is 0.497 e. The lowest BCUT2D eigenvalue weighted by Gasteiger charge is -2.09. The minimum absolute atomic E-state index is 0.114. The van der Waals surface area contributed by atoms with Crippen molar-refractivity contribution in [3.63, 3.8) is 0 Å². The first-order valence-corrected chi connectivity index (χ1v) is 10.6. The number of thioether (sulfide) groups is 1. The Balaban J connectivity index is 1.44. The molecule has 31 heavy (non-hydrogen) atoms. The number of methoxy groups -OCH3 is 2. The zero-order chi connectivity index (χ0) is 22.1. The van der Waals surface area contributed by atoms with Crippen molar-refractivity contribution in [2.24, 2.45) is 0 Å². The van der Waals surface area contributed by atoms with Gasteiger partial charge in [0.2, 0.25) is 11.1 Å². The molecule has 0 spiro atoms. The van der Waals surface area contributed by atoms with Crippen LogP contribution in [0, 0.1) is 0 Å². The monoisotopic (exact) mass is 443 g/mol. The van der Waals surface area contributed by atoms with Gasteiger partial charge in [0.15, 0.2) is 5.82 Å². The third-order valence-electron chi connectivity index (χ3n) is 4.39. The SMILES string of the molecule is COc1cccc(OCc2nnc(SCC(=O)NCCc3ccccc3OC)n2N)c1. The number of rotatable bonds is 11. The molecule has 2 aromatic carbocycles. The molecule has 0 bridgehead atoms. The lowest BCUT2D eigenvalue weighted by molar-refractivity contribution is -0.118. The van der Waals surface area contributed by atoms with Crippen molar-refractivity contribution in [3.05, 3.63) is 59.9 Å². The maximum atomic E-state index is 12.2. The smallest absolute Gasteiger partial charge is 0.230 e. The van der Waals surface area contributed by atoms with Gasteiger partial charge in [-0.1, -0.05) is 36.0 Å². The van der Waals surface area contributed by atoms with Crippen molar-refractivity contribution in [2.45, 2.75) is 18.2 Å². The lowest BCUT2D eigenvalue weighted by Crippen LogP contribution is -2.27. The number of amides is 1. The van der Waals surface area contributed by atoms with Crippen LogP contribution in [0.15, 0.2) is 53.7 Å². The summed E-state index contributed by atoms with van der Waals surface area (Å²) in [5, 5.41) is 11.4. The molecule has 0 fully saturated rings. The molecule has 0 aliphatic rings. The number of benzene rings is 2. The minimum Gasteiger partial charge on any atom is -0.497 e. The molecule has 0 unspecified atom stereocenters. The van der Waals surface area contributed by atoms with E-state index in [1.807, 2.05) is 42.5 Å². The summed E-state index contributed by atoms with van der Waals surface area (Å²) in [7, 11) is 3.22. The summed E-state index contributed by atoms with van der Waals surface area (Å²) >= 11 is 1.21. The van der Waals surface area contributed by atoms with E-state index in [2.05, 4.69) is 15.5 Å². The van der Waals surface area contributed by atoms with Crippen molar-refractivity contribution < 1.29 is 19.0 Å². The average molecular weight is 444 g/mol. The number of carbonyl (C=O) groups is 1. The number of nitrogens with one attached hydrogen (secondary N) is 1. The van der Waals surface area contributed by atoms with Gasteiger partial charge in [-0.2, -0.15) is 0 Å². The van der Waals surface area contributed by atoms with Crippen molar-refractivity contribution in [1.29, 1.82) is 0 Å². The van der Waals surface area contributed by atoms with Crippen LogP contribution in [0.3, 0.4) is 0 Å². The predicted octanol–water partition coefficient (Wildman–Crippen LogP) is 2.04. The number of ether oxygens (including phenoxy) is 3. The highest BCUT2D eigenvalue weighted by Crippen LogP contribution is 2.21. The zero-order valence-electron chi connectivity index (χ0n) is 17.4. The molecule has 0 atom stereocenters. The van der Waals surface area contributed by atoms with E-state index < -0.39 is 0 Å². The van der Waals surface area contributed by atoms with Crippen LogP contribution in [0.5, 0.6) is 17.2 Å². The Bertz CT molecular complexity index is 1010. The fourth-order valence-corrected chi connectivity index (χ4v) is 3.48. The molecule has 0 saturated heterocycles. The quantitative estimate of drug-likeness (QED) is 0.342. The second-order valence-corrected chi connectivity index (χ2v) is 7.38. The Morgan fingerprint density at radius 3 is 2.71 bits per heavy atom. The summed E-state index contributed by atoms with van der Waals surface area (Å²) in [5.74, 6) is 8.69. The van der Waals surface area contributed by atoms with Gasteiger partial charge in [-0.05, 0) is 30.2 Å². The van der Waals surface area contributed by atoms with Crippen LogP contribution in [-0.2, 0) is 17.8 Å². The molecular weight excluding hydrogens is 418 g/mol. The Labute approximate surface area is 184 Å². The Morgan fingerprint density at radius 2 is 1.90 bits per heavy atom. The molecule has 0 radical (unpaired) electrons. The molecular formula is C21H25N5O4S. The molecule has 3 N–H and O–H groups in total. The zero-order valence-corrected chi connectivity index (χ0v) is 18.2. The van der Waals surface area contributed by atoms with Gasteiger partial charge in [-0.15, -0.1) is 10.2 Å². The minimum atomic E-state index is -0.114. The molecule has 1 aromatic heterocycles. The van der Waals surface area contributed by atoms with Crippen LogP contribution < -0.4 is 25.4 Å². The third-order valence-corrected chi connectivity index (χ3v) is 5.33. The van der Waals surface area contributed by atoms with E-state index in [0.29, 0.717) is 35.4 Å². The number of nitrogens with two attached hydrogens (primary N) is 1. The normalized spacial score (nSPS) is 10.5. The number of nitrogen functional groups attached to an aromatic ring is 1. The Morgan fingerprint density at radius 1 is 1.10 bits per heavy atom. The van der Waals surface area contributed by atoms with Gasteiger partial charge in [0, 0.05) is 12.6 Å². The van der Waals surface area contributed by atoms with Crippen LogP contribution in [0.2, 0.25) is 0 Å². The van der Waals surface area contributed by atoms with Crippen LogP contribution in [0.4, 0.5) is 0 Å². The Kier molecular flexibility index (Phi) is 7.99. The first-order chi connectivity index (χ1) is 15.1. The van der Waals surface area contributed by atoms with Crippen LogP contribution in [0.1, 0.15) is 11.4 Å². The van der Waals surface area contributed by atoms with E-state index in [0.717, 1.165) is 11.3 Å². The summed E-state index contributed by atoms with van der Waals surface area (Å²) in [6, 6.07) is 15.0. The van der Waals surface area contributed by atoms with Gasteiger partial charge in [0.05, 0.1) is 20.0 Å². The highest BCUT2D eigenvalue weighted by molar-refractivity contribution is 7.99. The fourth-order valence-electron chi connectivity index (χ4n) is 2.77. The van der Waals surface area contributed by atoms with E-state index in [4.69, 9.17) is 20.1 Å². The van der Waals surface area contributed by atoms with Crippen molar-refractivity contribution in [1.82, 2.24) is 20.2 Å². The van der Waals surface area contributed by atoms with E-state index in [1.54, 1.807) is 20.3 Å². The van der Waals surface area contributed by atoms with E-state index in [-0.39, 0.29) is 18.3 Å². The van der Waals surface area contributed by atoms with Gasteiger partial charge < -0.3 is 25.4 Å². The topological polar surface area (TPSA) is 114 Å². The maximum Gasteiger partial charge on any atom is 0.230 e. The number of hydrogen-bond donors (Lipinski definition) is 2. The molecule has 164 valence electrons. The molecule has 0 saturated carbocycles. The predicted molar refractivity (Wildman–Crippen MR) is 118 cm³/mol. The van der Waals surface area contributed by atoms with Crippen LogP contribution in [0.25, 0.3) is 0 Å². The van der Waals surface area contributed by atoms with Gasteiger partial charge in [-0.25, -0.2) is 4.68 Å². The van der Waals surface area contributed by atoms with Crippen LogP contribution in [-0.4, -0.2) is 47.3 Å². The first kappa shape index (κ1) is 22.3. The summed E-state index contributed by atoms with van der Waals surface area (Å²) in [4.78, 5) is 12.2. The summed E-state index contributed by atoms with van der Waals surface area (Å²) in [6.07, 6.45) is 0.680. The van der Waals surface area contributed by atoms with Crippen molar-refractivity contribution >= 4 is 17.7 Å². The highest BCUT2D eigenvalue weighted by Gasteiger charge is 2.13. The molecule has 9 nitrogen and oxygen atoms in total. The molecule has 0 aliphatic carbocycles. The highest BCUT2D eigenvalue weighted by atomic mass is 32.2. The number of aromatic nitrogens is 3. The second-order valence-electron chi connectivity index (χ2n) is 6.44. The fraction of sp³-hybridized carbons (Fsp3) is 0.286. The van der Waals surface area contributed by atoms with Crippen LogP contribution >= 0.6 is 11.8 Å². The summed E-state index contributed by atoms with van der Waals surface area (Å²) < 4.78 is 17.5. The molecule has 1 heterocycles. The second kappa shape index (κ2) is 11.1. The maximum absolute atomic E-state index is 12.2. The van der Waals surface area contributed by atoms with Gasteiger partial charge in [-0.3, -0.25) is 4.79 Å². The summed E-state index contributed by atoms with van der Waals surface area (Å²) in [5.41, 5.74) is 1.04. The van der Waals surface area contributed by atoms with E-state index in [9.17, 15) is 4.79 Å².